The Balaban J connectivity index is 2.07. The highest BCUT2D eigenvalue weighted by atomic mass is 32.1. The zero-order valence-electron chi connectivity index (χ0n) is 12.8. The van der Waals surface area contributed by atoms with Crippen LogP contribution in [0.15, 0.2) is 30.3 Å². The molecule has 0 saturated heterocycles. The Morgan fingerprint density at radius 1 is 1.36 bits per heavy atom. The number of nitrogens with one attached hydrogen (secondary N) is 1. The monoisotopic (exact) mass is 371 g/mol. The van der Waals surface area contributed by atoms with Gasteiger partial charge in [-0.2, -0.15) is 13.2 Å². The number of benzene rings is 1. The number of rotatable bonds is 5. The zero-order valence-corrected chi connectivity index (χ0v) is 13.6. The molecule has 0 unspecified atom stereocenters. The number of halogens is 3. The van der Waals surface area contributed by atoms with Crippen molar-refractivity contribution in [3.63, 3.8) is 0 Å². The van der Waals surface area contributed by atoms with Gasteiger partial charge in [0.15, 0.2) is 5.00 Å². The first kappa shape index (κ1) is 18.6. The first-order valence-corrected chi connectivity index (χ1v) is 7.74. The number of ether oxygens (including phenoxy) is 1. The highest BCUT2D eigenvalue weighted by molar-refractivity contribution is 7.10. The second-order valence-electron chi connectivity index (χ2n) is 4.62. The van der Waals surface area contributed by atoms with E-state index in [1.54, 1.807) is 6.92 Å². The number of carbonyl (C=O) groups is 2. The Morgan fingerprint density at radius 3 is 2.80 bits per heavy atom. The topological polar surface area (TPSA) is 81.2 Å². The van der Waals surface area contributed by atoms with E-state index in [1.165, 1.54) is 18.2 Å². The van der Waals surface area contributed by atoms with Gasteiger partial charge in [0.25, 0.3) is 0 Å². The molecule has 0 atom stereocenters. The highest BCUT2D eigenvalue weighted by Crippen LogP contribution is 2.29. The van der Waals surface area contributed by atoms with E-state index in [4.69, 9.17) is 4.74 Å². The summed E-state index contributed by atoms with van der Waals surface area (Å²) < 4.78 is 46.3. The minimum absolute atomic E-state index is 0.0946. The summed E-state index contributed by atoms with van der Waals surface area (Å²) in [7, 11) is 0. The van der Waals surface area contributed by atoms with Crippen molar-refractivity contribution in [3.8, 4) is 0 Å². The smallest absolute Gasteiger partial charge is 0.416 e. The Bertz CT molecular complexity index is 803. The normalized spacial score (nSPS) is 11.5. The van der Waals surface area contributed by atoms with Crippen molar-refractivity contribution < 1.29 is 27.5 Å². The average molecular weight is 371 g/mol. The van der Waals surface area contributed by atoms with E-state index >= 15 is 0 Å². The molecule has 0 spiro atoms. The number of anilines is 1. The average Bonchev–Trinajstić information content (AvgIpc) is 3.01. The van der Waals surface area contributed by atoms with Gasteiger partial charge in [-0.3, -0.25) is 4.79 Å². The molecule has 6 nitrogen and oxygen atoms in total. The first-order chi connectivity index (χ1) is 11.8. The molecular formula is C15H12F3N3O3S. The van der Waals surface area contributed by atoms with Crippen LogP contribution in [0.2, 0.25) is 0 Å². The van der Waals surface area contributed by atoms with Crippen LogP contribution in [-0.4, -0.2) is 28.1 Å². The number of hydrogen-bond acceptors (Lipinski definition) is 6. The van der Waals surface area contributed by atoms with E-state index in [2.05, 4.69) is 14.9 Å². The summed E-state index contributed by atoms with van der Waals surface area (Å²) >= 11 is 0.783. The standard InChI is InChI=1S/C15H12F3N3O3S/c1-2-24-14(23)12-13(25-21-20-12)19-11(22)7-6-9-4-3-5-10(8-9)15(16,17)18/h3-8H,2H2,1H3,(H,19,22)/b7-6+. The van der Waals surface area contributed by atoms with Gasteiger partial charge in [-0.05, 0) is 30.7 Å². The third-order valence-corrected chi connectivity index (χ3v) is 3.48. The molecule has 10 heteroatoms. The van der Waals surface area contributed by atoms with Crippen molar-refractivity contribution >= 4 is 34.5 Å². The largest absolute Gasteiger partial charge is 0.461 e. The third kappa shape index (κ3) is 5.11. The van der Waals surface area contributed by atoms with Gasteiger partial charge in [-0.1, -0.05) is 16.6 Å². The van der Waals surface area contributed by atoms with Crippen molar-refractivity contribution in [1.29, 1.82) is 0 Å². The summed E-state index contributed by atoms with van der Waals surface area (Å²) in [5.41, 5.74) is -0.739. The quantitative estimate of drug-likeness (QED) is 0.644. The van der Waals surface area contributed by atoms with E-state index < -0.39 is 23.6 Å². The molecule has 0 saturated carbocycles. The molecule has 2 rings (SSSR count). The lowest BCUT2D eigenvalue weighted by Gasteiger charge is -2.06. The van der Waals surface area contributed by atoms with E-state index in [-0.39, 0.29) is 22.9 Å². The van der Waals surface area contributed by atoms with Crippen molar-refractivity contribution in [2.75, 3.05) is 11.9 Å². The van der Waals surface area contributed by atoms with Gasteiger partial charge in [-0.15, -0.1) is 5.10 Å². The molecule has 1 N–H and O–H groups in total. The third-order valence-electron chi connectivity index (χ3n) is 2.83. The Hall–Kier alpha value is -2.75. The van der Waals surface area contributed by atoms with Crippen LogP contribution in [0.4, 0.5) is 18.2 Å². The van der Waals surface area contributed by atoms with Gasteiger partial charge in [0.1, 0.15) is 0 Å². The van der Waals surface area contributed by atoms with Crippen LogP contribution in [0.5, 0.6) is 0 Å². The number of aromatic nitrogens is 2. The summed E-state index contributed by atoms with van der Waals surface area (Å²) in [6, 6.07) is 4.53. The minimum Gasteiger partial charge on any atom is -0.461 e. The van der Waals surface area contributed by atoms with Crippen LogP contribution >= 0.6 is 11.5 Å². The van der Waals surface area contributed by atoms with Crippen LogP contribution in [0, 0.1) is 0 Å². The maximum atomic E-state index is 12.6. The molecule has 132 valence electrons. The number of carbonyl (C=O) groups excluding carboxylic acids is 2. The molecule has 0 radical (unpaired) electrons. The number of amides is 1. The Labute approximate surface area is 144 Å². The lowest BCUT2D eigenvalue weighted by molar-refractivity contribution is -0.137. The van der Waals surface area contributed by atoms with Gasteiger partial charge in [0.2, 0.25) is 11.6 Å². The summed E-state index contributed by atoms with van der Waals surface area (Å²) in [6.07, 6.45) is -2.19. The molecule has 0 fully saturated rings. The molecule has 0 aliphatic rings. The molecule has 25 heavy (non-hydrogen) atoms. The fourth-order valence-corrected chi connectivity index (χ4v) is 2.31. The van der Waals surface area contributed by atoms with Crippen molar-refractivity contribution in [3.05, 3.63) is 47.2 Å². The van der Waals surface area contributed by atoms with Gasteiger partial charge in [0, 0.05) is 17.6 Å². The molecule has 0 aliphatic heterocycles. The SMILES string of the molecule is CCOC(=O)c1nnsc1NC(=O)/C=C/c1cccc(C(F)(F)F)c1. The first-order valence-electron chi connectivity index (χ1n) is 6.97. The van der Waals surface area contributed by atoms with Gasteiger partial charge in [-0.25, -0.2) is 4.79 Å². The predicted octanol–water partition coefficient (Wildman–Crippen LogP) is 3.39. The van der Waals surface area contributed by atoms with Crippen LogP contribution in [-0.2, 0) is 15.7 Å². The lowest BCUT2D eigenvalue weighted by Crippen LogP contribution is -2.12. The van der Waals surface area contributed by atoms with Crippen LogP contribution in [0.1, 0.15) is 28.5 Å². The van der Waals surface area contributed by atoms with Gasteiger partial charge >= 0.3 is 12.1 Å². The highest BCUT2D eigenvalue weighted by Gasteiger charge is 2.30. The van der Waals surface area contributed by atoms with Gasteiger partial charge in [0.05, 0.1) is 12.2 Å². The summed E-state index contributed by atoms with van der Waals surface area (Å²) in [5.74, 6) is -1.37. The Morgan fingerprint density at radius 2 is 2.12 bits per heavy atom. The summed E-state index contributed by atoms with van der Waals surface area (Å²) in [5, 5.41) is 6.06. The number of alkyl halides is 3. The summed E-state index contributed by atoms with van der Waals surface area (Å²) in [4.78, 5) is 23.5. The summed E-state index contributed by atoms with van der Waals surface area (Å²) in [6.45, 7) is 1.76. The molecule has 1 aromatic heterocycles. The fraction of sp³-hybridized carbons (Fsp3) is 0.200. The van der Waals surface area contributed by atoms with E-state index in [9.17, 15) is 22.8 Å². The van der Waals surface area contributed by atoms with E-state index in [0.717, 1.165) is 29.7 Å². The molecule has 0 aliphatic carbocycles. The van der Waals surface area contributed by atoms with Crippen LogP contribution in [0.3, 0.4) is 0 Å². The lowest BCUT2D eigenvalue weighted by atomic mass is 10.1. The minimum atomic E-state index is -4.46. The maximum absolute atomic E-state index is 12.6. The fourth-order valence-electron chi connectivity index (χ4n) is 1.75. The van der Waals surface area contributed by atoms with E-state index in [1.807, 2.05) is 0 Å². The molecule has 2 aromatic rings. The van der Waals surface area contributed by atoms with E-state index in [0.29, 0.717) is 0 Å². The second-order valence-corrected chi connectivity index (χ2v) is 5.37. The number of hydrogen-bond donors (Lipinski definition) is 1. The molecule has 1 heterocycles. The van der Waals surface area contributed by atoms with Crippen molar-refractivity contribution in [2.45, 2.75) is 13.1 Å². The van der Waals surface area contributed by atoms with Crippen LogP contribution in [0.25, 0.3) is 6.08 Å². The molecule has 0 bridgehead atoms. The second kappa shape index (κ2) is 7.88. The zero-order chi connectivity index (χ0) is 18.4. The van der Waals surface area contributed by atoms with Crippen molar-refractivity contribution in [2.24, 2.45) is 0 Å². The predicted molar refractivity (Wildman–Crippen MR) is 85.0 cm³/mol. The molecule has 1 amide bonds. The molecule has 1 aromatic carbocycles. The number of nitrogens with zero attached hydrogens (tertiary/aromatic N) is 2. The van der Waals surface area contributed by atoms with Crippen LogP contribution < -0.4 is 5.32 Å². The van der Waals surface area contributed by atoms with Crippen molar-refractivity contribution in [1.82, 2.24) is 9.59 Å². The Kier molecular flexibility index (Phi) is 5.86. The molecular weight excluding hydrogens is 359 g/mol. The maximum Gasteiger partial charge on any atom is 0.416 e. The number of esters is 1. The van der Waals surface area contributed by atoms with Gasteiger partial charge < -0.3 is 10.1 Å².